The van der Waals surface area contributed by atoms with E-state index in [1.165, 1.54) is 11.8 Å². The number of ether oxygens (including phenoxy) is 4. The van der Waals surface area contributed by atoms with Crippen LogP contribution in [0.25, 0.3) is 17.0 Å². The Bertz CT molecular complexity index is 1280. The van der Waals surface area contributed by atoms with E-state index in [9.17, 15) is 4.79 Å². The van der Waals surface area contributed by atoms with Gasteiger partial charge in [-0.25, -0.2) is 0 Å². The summed E-state index contributed by atoms with van der Waals surface area (Å²) >= 11 is 0. The van der Waals surface area contributed by atoms with Crippen molar-refractivity contribution in [3.63, 3.8) is 0 Å². The van der Waals surface area contributed by atoms with Gasteiger partial charge in [0.2, 0.25) is 11.8 Å². The zero-order valence-electron chi connectivity index (χ0n) is 18.6. The number of aromatic nitrogens is 6. The van der Waals surface area contributed by atoms with Gasteiger partial charge in [-0.1, -0.05) is 0 Å². The van der Waals surface area contributed by atoms with Crippen LogP contribution in [-0.2, 0) is 7.05 Å². The van der Waals surface area contributed by atoms with Crippen molar-refractivity contribution in [2.75, 3.05) is 34.5 Å². The van der Waals surface area contributed by atoms with Crippen molar-refractivity contribution in [2.45, 2.75) is 0 Å². The second-order valence-corrected chi connectivity index (χ2v) is 6.87. The Hall–Kier alpha value is -4.35. The van der Waals surface area contributed by atoms with Gasteiger partial charge in [-0.2, -0.15) is 4.52 Å². The zero-order valence-corrected chi connectivity index (χ0v) is 18.6. The summed E-state index contributed by atoms with van der Waals surface area (Å²) in [4.78, 5) is 12.3. The molecule has 0 unspecified atom stereocenters. The van der Waals surface area contributed by atoms with Gasteiger partial charge in [0.1, 0.15) is 12.2 Å². The Balaban J connectivity index is 1.44. The number of carbonyl (C=O) groups excluding carboxylic acids is 1. The molecule has 12 heteroatoms. The third-order valence-corrected chi connectivity index (χ3v) is 4.75. The number of nitrogens with zero attached hydrogens (tertiary/aromatic N) is 6. The van der Waals surface area contributed by atoms with Crippen molar-refractivity contribution in [1.29, 1.82) is 0 Å². The molecule has 1 amide bonds. The monoisotopic (exact) mass is 453 g/mol. The van der Waals surface area contributed by atoms with Gasteiger partial charge in [-0.05, 0) is 24.3 Å². The lowest BCUT2D eigenvalue weighted by Gasteiger charge is -2.09. The minimum Gasteiger partial charge on any atom is -0.493 e. The number of fused-ring (bicyclic) bond motifs is 1. The topological polar surface area (TPSA) is 127 Å². The second kappa shape index (κ2) is 9.42. The molecule has 4 aromatic rings. The largest absolute Gasteiger partial charge is 0.493 e. The van der Waals surface area contributed by atoms with Crippen LogP contribution in [0, 0.1) is 0 Å². The standard InChI is InChI=1S/C21H23N7O5/c1-27-12-14(21(26-27)32-4)20(29)22-9-10-33-18-8-7-17-23-24-19(28(17)25-18)13-5-6-15(30-2)16(11-13)31-3/h5-8,11-12H,9-10H2,1-4H3,(H,22,29). The van der Waals surface area contributed by atoms with E-state index in [1.807, 2.05) is 6.07 Å². The highest BCUT2D eigenvalue weighted by Gasteiger charge is 2.16. The lowest BCUT2D eigenvalue weighted by molar-refractivity contribution is 0.0943. The Morgan fingerprint density at radius 2 is 1.82 bits per heavy atom. The van der Waals surface area contributed by atoms with Gasteiger partial charge in [0.25, 0.3) is 5.91 Å². The Labute approximate surface area is 189 Å². The molecule has 0 fully saturated rings. The van der Waals surface area contributed by atoms with Crippen LogP contribution in [-0.4, -0.2) is 70.0 Å². The van der Waals surface area contributed by atoms with Gasteiger partial charge in [0, 0.05) is 24.9 Å². The van der Waals surface area contributed by atoms with E-state index in [1.54, 1.807) is 56.2 Å². The molecule has 33 heavy (non-hydrogen) atoms. The first-order valence-electron chi connectivity index (χ1n) is 9.97. The van der Waals surface area contributed by atoms with E-state index in [0.717, 1.165) is 5.56 Å². The molecule has 3 heterocycles. The maximum atomic E-state index is 12.3. The molecule has 4 rings (SSSR count). The number of benzene rings is 1. The minimum atomic E-state index is -0.304. The highest BCUT2D eigenvalue weighted by molar-refractivity contribution is 5.96. The Morgan fingerprint density at radius 3 is 2.58 bits per heavy atom. The molecule has 3 aromatic heterocycles. The summed E-state index contributed by atoms with van der Waals surface area (Å²) in [6, 6.07) is 8.87. The SMILES string of the molecule is COc1ccc(-c2nnc3ccc(OCCNC(=O)c4cn(C)nc4OC)nn23)cc1OC. The molecule has 1 N–H and O–H groups in total. The molecule has 0 bridgehead atoms. The highest BCUT2D eigenvalue weighted by Crippen LogP contribution is 2.31. The fourth-order valence-corrected chi connectivity index (χ4v) is 3.19. The fraction of sp³-hybridized carbons (Fsp3) is 0.286. The number of carbonyl (C=O) groups is 1. The summed E-state index contributed by atoms with van der Waals surface area (Å²) in [5.74, 6) is 2.02. The first-order chi connectivity index (χ1) is 16.0. The summed E-state index contributed by atoms with van der Waals surface area (Å²) in [6.07, 6.45) is 1.59. The number of hydrogen-bond donors (Lipinski definition) is 1. The second-order valence-electron chi connectivity index (χ2n) is 6.87. The van der Waals surface area contributed by atoms with Crippen molar-refractivity contribution in [3.05, 3.63) is 42.1 Å². The number of amides is 1. The molecule has 0 radical (unpaired) electrons. The molecule has 0 saturated carbocycles. The van der Waals surface area contributed by atoms with Crippen molar-refractivity contribution in [1.82, 2.24) is 34.9 Å². The maximum absolute atomic E-state index is 12.3. The molecule has 0 saturated heterocycles. The van der Waals surface area contributed by atoms with Gasteiger partial charge in [0.05, 0.1) is 27.9 Å². The summed E-state index contributed by atoms with van der Waals surface area (Å²) in [5, 5.41) is 19.7. The average molecular weight is 453 g/mol. The van der Waals surface area contributed by atoms with Crippen LogP contribution in [0.5, 0.6) is 23.3 Å². The van der Waals surface area contributed by atoms with E-state index < -0.39 is 0 Å². The van der Waals surface area contributed by atoms with Crippen molar-refractivity contribution in [3.8, 4) is 34.6 Å². The number of nitrogens with one attached hydrogen (secondary N) is 1. The van der Waals surface area contributed by atoms with E-state index >= 15 is 0 Å². The highest BCUT2D eigenvalue weighted by atomic mass is 16.5. The first-order valence-corrected chi connectivity index (χ1v) is 9.97. The van der Waals surface area contributed by atoms with E-state index in [2.05, 4.69) is 25.7 Å². The molecular formula is C21H23N7O5. The minimum absolute atomic E-state index is 0.209. The van der Waals surface area contributed by atoms with Gasteiger partial charge >= 0.3 is 0 Å². The van der Waals surface area contributed by atoms with E-state index in [4.69, 9.17) is 18.9 Å². The van der Waals surface area contributed by atoms with Gasteiger partial charge in [-0.15, -0.1) is 20.4 Å². The van der Waals surface area contributed by atoms with Crippen LogP contribution in [0.3, 0.4) is 0 Å². The fourth-order valence-electron chi connectivity index (χ4n) is 3.19. The van der Waals surface area contributed by atoms with Crippen molar-refractivity contribution >= 4 is 11.6 Å². The smallest absolute Gasteiger partial charge is 0.258 e. The third kappa shape index (κ3) is 4.49. The molecule has 172 valence electrons. The third-order valence-electron chi connectivity index (χ3n) is 4.75. The number of methoxy groups -OCH3 is 3. The van der Waals surface area contributed by atoms with Gasteiger partial charge < -0.3 is 24.3 Å². The van der Waals surface area contributed by atoms with Crippen LogP contribution >= 0.6 is 0 Å². The summed E-state index contributed by atoms with van der Waals surface area (Å²) in [5.41, 5.74) is 1.66. The van der Waals surface area contributed by atoms with Crippen LogP contribution in [0.2, 0.25) is 0 Å². The summed E-state index contributed by atoms with van der Waals surface area (Å²) < 4.78 is 24.6. The van der Waals surface area contributed by atoms with Crippen LogP contribution in [0.4, 0.5) is 0 Å². The number of rotatable bonds is 9. The number of aryl methyl sites for hydroxylation is 1. The maximum Gasteiger partial charge on any atom is 0.258 e. The first kappa shape index (κ1) is 21.9. The lowest BCUT2D eigenvalue weighted by atomic mass is 10.2. The van der Waals surface area contributed by atoms with Gasteiger partial charge in [0.15, 0.2) is 23.0 Å². The van der Waals surface area contributed by atoms with E-state index in [0.29, 0.717) is 34.4 Å². The molecule has 12 nitrogen and oxygen atoms in total. The summed E-state index contributed by atoms with van der Waals surface area (Å²) in [7, 11) is 6.32. The van der Waals surface area contributed by atoms with Crippen molar-refractivity contribution < 1.29 is 23.7 Å². The molecule has 0 aliphatic rings. The molecule has 1 aromatic carbocycles. The zero-order chi connectivity index (χ0) is 23.4. The van der Waals surface area contributed by atoms with E-state index in [-0.39, 0.29) is 24.9 Å². The van der Waals surface area contributed by atoms with Gasteiger partial charge in [-0.3, -0.25) is 9.48 Å². The lowest BCUT2D eigenvalue weighted by Crippen LogP contribution is -2.28. The Morgan fingerprint density at radius 1 is 1.00 bits per heavy atom. The predicted molar refractivity (Wildman–Crippen MR) is 117 cm³/mol. The normalized spacial score (nSPS) is 10.8. The van der Waals surface area contributed by atoms with Crippen LogP contribution in [0.1, 0.15) is 10.4 Å². The molecule has 0 aliphatic carbocycles. The molecule has 0 aliphatic heterocycles. The number of hydrogen-bond acceptors (Lipinski definition) is 9. The molecule has 0 spiro atoms. The Kier molecular flexibility index (Phi) is 6.24. The summed E-state index contributed by atoms with van der Waals surface area (Å²) in [6.45, 7) is 0.474. The average Bonchev–Trinajstić information content (AvgIpc) is 3.44. The molecular weight excluding hydrogens is 430 g/mol. The molecule has 0 atom stereocenters. The van der Waals surface area contributed by atoms with Crippen LogP contribution in [0.15, 0.2) is 36.5 Å². The quantitative estimate of drug-likeness (QED) is 0.374. The van der Waals surface area contributed by atoms with Crippen LogP contribution < -0.4 is 24.3 Å². The van der Waals surface area contributed by atoms with Crippen molar-refractivity contribution in [2.24, 2.45) is 7.05 Å². The predicted octanol–water partition coefficient (Wildman–Crippen LogP) is 1.36.